The molecular formula is C17H18Cl2N2O. The monoisotopic (exact) mass is 336 g/mol. The van der Waals surface area contributed by atoms with Crippen molar-refractivity contribution in [3.05, 3.63) is 58.5 Å². The second-order valence-corrected chi connectivity index (χ2v) is 5.55. The summed E-state index contributed by atoms with van der Waals surface area (Å²) in [7, 11) is 2.06. The quantitative estimate of drug-likeness (QED) is 0.683. The maximum atomic E-state index is 6.12. The second-order valence-electron chi connectivity index (χ2n) is 5.14. The highest BCUT2D eigenvalue weighted by Crippen LogP contribution is 2.28. The standard InChI is InChI=1S/C17H17ClN2O.ClH/c1-11-12(2)20(3)17-13(11)8-9-19-15(17)10-21-16-7-5-4-6-14(16)18;/h4-9H,10H2,1-3H3;1H. The molecule has 0 spiro atoms. The Morgan fingerprint density at radius 3 is 2.64 bits per heavy atom. The number of hydrogen-bond donors (Lipinski definition) is 0. The van der Waals surface area contributed by atoms with Crippen molar-refractivity contribution in [2.75, 3.05) is 0 Å². The first kappa shape index (κ1) is 16.7. The lowest BCUT2D eigenvalue weighted by Crippen LogP contribution is -2.02. The topological polar surface area (TPSA) is 27.1 Å². The van der Waals surface area contributed by atoms with Crippen LogP contribution in [0.3, 0.4) is 0 Å². The number of halogens is 2. The van der Waals surface area contributed by atoms with Crippen LogP contribution in [0.2, 0.25) is 5.02 Å². The van der Waals surface area contributed by atoms with Gasteiger partial charge in [-0.15, -0.1) is 12.4 Å². The minimum atomic E-state index is 0. The summed E-state index contributed by atoms with van der Waals surface area (Å²) in [4.78, 5) is 4.48. The summed E-state index contributed by atoms with van der Waals surface area (Å²) in [5.74, 6) is 0.681. The van der Waals surface area contributed by atoms with Gasteiger partial charge in [0.25, 0.3) is 0 Å². The van der Waals surface area contributed by atoms with Gasteiger partial charge in [0.1, 0.15) is 18.1 Å². The van der Waals surface area contributed by atoms with Crippen LogP contribution in [0.25, 0.3) is 10.9 Å². The predicted molar refractivity (Wildman–Crippen MR) is 93.2 cm³/mol. The normalized spacial score (nSPS) is 10.5. The molecule has 3 aromatic rings. The van der Waals surface area contributed by atoms with E-state index >= 15 is 0 Å². The molecule has 0 bridgehead atoms. The minimum absolute atomic E-state index is 0. The van der Waals surface area contributed by atoms with Gasteiger partial charge in [-0.1, -0.05) is 23.7 Å². The fourth-order valence-corrected chi connectivity index (χ4v) is 2.79. The number of nitrogens with zero attached hydrogens (tertiary/aromatic N) is 2. The first-order valence-corrected chi connectivity index (χ1v) is 7.24. The molecule has 2 aromatic heterocycles. The number of ether oxygens (including phenoxy) is 1. The Labute approximate surface area is 141 Å². The largest absolute Gasteiger partial charge is 0.486 e. The molecule has 0 aliphatic rings. The Morgan fingerprint density at radius 2 is 1.91 bits per heavy atom. The molecular weight excluding hydrogens is 319 g/mol. The average molecular weight is 337 g/mol. The minimum Gasteiger partial charge on any atom is -0.486 e. The van der Waals surface area contributed by atoms with E-state index in [2.05, 4.69) is 36.5 Å². The molecule has 0 aliphatic heterocycles. The lowest BCUT2D eigenvalue weighted by atomic mass is 10.2. The fraction of sp³-hybridized carbons (Fsp3) is 0.235. The average Bonchev–Trinajstić information content (AvgIpc) is 2.72. The fourth-order valence-electron chi connectivity index (χ4n) is 2.60. The van der Waals surface area contributed by atoms with E-state index in [1.54, 1.807) is 0 Å². The Hall–Kier alpha value is -1.71. The van der Waals surface area contributed by atoms with Crippen molar-refractivity contribution in [1.29, 1.82) is 0 Å². The van der Waals surface area contributed by atoms with Crippen molar-refractivity contribution in [2.24, 2.45) is 7.05 Å². The summed E-state index contributed by atoms with van der Waals surface area (Å²) >= 11 is 6.12. The van der Waals surface area contributed by atoms with Crippen LogP contribution in [-0.4, -0.2) is 9.55 Å². The Balaban J connectivity index is 0.00000176. The van der Waals surface area contributed by atoms with Gasteiger partial charge < -0.3 is 9.30 Å². The number of para-hydroxylation sites is 1. The molecule has 3 nitrogen and oxygen atoms in total. The molecule has 0 N–H and O–H groups in total. The zero-order chi connectivity index (χ0) is 15.0. The van der Waals surface area contributed by atoms with Gasteiger partial charge in [-0.3, -0.25) is 4.98 Å². The number of benzene rings is 1. The summed E-state index contributed by atoms with van der Waals surface area (Å²) in [5.41, 5.74) is 4.58. The molecule has 0 fully saturated rings. The van der Waals surface area contributed by atoms with Gasteiger partial charge >= 0.3 is 0 Å². The summed E-state index contributed by atoms with van der Waals surface area (Å²) in [6, 6.07) is 9.53. The summed E-state index contributed by atoms with van der Waals surface area (Å²) in [5, 5.41) is 1.84. The van der Waals surface area contributed by atoms with E-state index in [-0.39, 0.29) is 12.4 Å². The maximum absolute atomic E-state index is 6.12. The molecule has 3 rings (SSSR count). The number of rotatable bonds is 3. The van der Waals surface area contributed by atoms with Crippen molar-refractivity contribution in [3.63, 3.8) is 0 Å². The van der Waals surface area contributed by atoms with E-state index in [0.29, 0.717) is 17.4 Å². The maximum Gasteiger partial charge on any atom is 0.138 e. The van der Waals surface area contributed by atoms with Crippen LogP contribution in [-0.2, 0) is 13.7 Å². The molecule has 0 saturated heterocycles. The first-order valence-electron chi connectivity index (χ1n) is 6.86. The highest BCUT2D eigenvalue weighted by Gasteiger charge is 2.13. The summed E-state index contributed by atoms with van der Waals surface area (Å²) < 4.78 is 8.00. The first-order chi connectivity index (χ1) is 10.1. The molecule has 0 atom stereocenters. The zero-order valence-corrected chi connectivity index (χ0v) is 14.3. The van der Waals surface area contributed by atoms with Gasteiger partial charge in [-0.25, -0.2) is 0 Å². The van der Waals surface area contributed by atoms with E-state index in [1.165, 1.54) is 16.6 Å². The van der Waals surface area contributed by atoms with Crippen LogP contribution >= 0.6 is 24.0 Å². The Kier molecular flexibility index (Phi) is 4.99. The summed E-state index contributed by atoms with van der Waals surface area (Å²) in [6.45, 7) is 4.65. The van der Waals surface area contributed by atoms with Gasteiger partial charge in [0, 0.05) is 24.3 Å². The number of aryl methyl sites for hydroxylation is 2. The Morgan fingerprint density at radius 1 is 1.18 bits per heavy atom. The van der Waals surface area contributed by atoms with Crippen LogP contribution in [0.4, 0.5) is 0 Å². The van der Waals surface area contributed by atoms with Crippen LogP contribution in [0.15, 0.2) is 36.5 Å². The van der Waals surface area contributed by atoms with Crippen LogP contribution < -0.4 is 4.74 Å². The van der Waals surface area contributed by atoms with Gasteiger partial charge in [-0.2, -0.15) is 0 Å². The second kappa shape index (κ2) is 6.59. The molecule has 5 heteroatoms. The van der Waals surface area contributed by atoms with Crippen LogP contribution in [0.1, 0.15) is 17.0 Å². The van der Waals surface area contributed by atoms with Gasteiger partial charge in [0.05, 0.1) is 10.5 Å². The van der Waals surface area contributed by atoms with E-state index in [0.717, 1.165) is 11.2 Å². The van der Waals surface area contributed by atoms with E-state index < -0.39 is 0 Å². The number of hydrogen-bond acceptors (Lipinski definition) is 2. The zero-order valence-electron chi connectivity index (χ0n) is 12.8. The van der Waals surface area contributed by atoms with E-state index in [4.69, 9.17) is 16.3 Å². The van der Waals surface area contributed by atoms with E-state index in [1.807, 2.05) is 30.5 Å². The van der Waals surface area contributed by atoms with Gasteiger partial charge in [-0.05, 0) is 37.6 Å². The smallest absolute Gasteiger partial charge is 0.138 e. The van der Waals surface area contributed by atoms with Crippen molar-refractivity contribution >= 4 is 34.9 Å². The molecule has 0 unspecified atom stereocenters. The molecule has 0 aliphatic carbocycles. The SMILES string of the molecule is Cc1c(C)n(C)c2c(COc3ccccc3Cl)nccc12.Cl. The Bertz CT molecular complexity index is 812. The third kappa shape index (κ3) is 2.79. The van der Waals surface area contributed by atoms with Crippen molar-refractivity contribution in [2.45, 2.75) is 20.5 Å². The highest BCUT2D eigenvalue weighted by molar-refractivity contribution is 6.32. The van der Waals surface area contributed by atoms with Gasteiger partial charge in [0.15, 0.2) is 0 Å². The summed E-state index contributed by atoms with van der Waals surface area (Å²) in [6.07, 6.45) is 1.83. The molecule has 22 heavy (non-hydrogen) atoms. The third-order valence-electron chi connectivity index (χ3n) is 3.99. The van der Waals surface area contributed by atoms with Gasteiger partial charge in [0.2, 0.25) is 0 Å². The number of fused-ring (bicyclic) bond motifs is 1. The lowest BCUT2D eigenvalue weighted by molar-refractivity contribution is 0.302. The molecule has 0 amide bonds. The number of aromatic nitrogens is 2. The molecule has 1 aromatic carbocycles. The predicted octanol–water partition coefficient (Wildman–Crippen LogP) is 4.84. The van der Waals surface area contributed by atoms with Crippen LogP contribution in [0.5, 0.6) is 5.75 Å². The number of pyridine rings is 1. The third-order valence-corrected chi connectivity index (χ3v) is 4.30. The van der Waals surface area contributed by atoms with Crippen LogP contribution in [0, 0.1) is 13.8 Å². The lowest BCUT2D eigenvalue weighted by Gasteiger charge is -2.09. The highest BCUT2D eigenvalue weighted by atomic mass is 35.5. The van der Waals surface area contributed by atoms with E-state index in [9.17, 15) is 0 Å². The van der Waals surface area contributed by atoms with Crippen molar-refractivity contribution in [3.8, 4) is 5.75 Å². The molecule has 116 valence electrons. The molecule has 2 heterocycles. The van der Waals surface area contributed by atoms with Crippen molar-refractivity contribution in [1.82, 2.24) is 9.55 Å². The molecule has 0 radical (unpaired) electrons. The molecule has 0 saturated carbocycles. The van der Waals surface area contributed by atoms with Crippen molar-refractivity contribution < 1.29 is 4.74 Å².